The minimum Gasteiger partial charge on any atom is -0.481 e. The van der Waals surface area contributed by atoms with Gasteiger partial charge in [-0.15, -0.1) is 0 Å². The maximum Gasteiger partial charge on any atom is 0.313 e. The van der Waals surface area contributed by atoms with E-state index in [1.807, 2.05) is 6.20 Å². The van der Waals surface area contributed by atoms with E-state index in [-0.39, 0.29) is 16.7 Å². The maximum atomic E-state index is 10.8. The molecular weight excluding hydrogens is 272 g/mol. The second-order valence-corrected chi connectivity index (χ2v) is 7.34. The van der Waals surface area contributed by atoms with E-state index in [1.165, 1.54) is 11.8 Å². The van der Waals surface area contributed by atoms with Gasteiger partial charge in [-0.1, -0.05) is 46.4 Å². The highest BCUT2D eigenvalue weighted by atomic mass is 32.2. The molecule has 0 aromatic carbocycles. The van der Waals surface area contributed by atoms with Crippen molar-refractivity contribution in [2.45, 2.75) is 70.5 Å². The number of carboxylic acid groups (broad SMARTS) is 1. The summed E-state index contributed by atoms with van der Waals surface area (Å²) in [6.07, 6.45) is 3.88. The SMILES string of the molecule is CCC(C)(CC)n1c(C(C)(C)C)cnc1SCC(=O)O. The van der Waals surface area contributed by atoms with Gasteiger partial charge in [0.15, 0.2) is 5.16 Å². The Hall–Kier alpha value is -0.970. The normalized spacial score (nSPS) is 12.7. The third-order valence-corrected chi connectivity index (χ3v) is 4.82. The van der Waals surface area contributed by atoms with Crippen molar-refractivity contribution in [3.05, 3.63) is 11.9 Å². The molecule has 0 radical (unpaired) electrons. The number of aliphatic carboxylic acids is 1. The minimum absolute atomic E-state index is 0.0133. The van der Waals surface area contributed by atoms with Gasteiger partial charge < -0.3 is 9.67 Å². The number of hydrogen-bond acceptors (Lipinski definition) is 3. The summed E-state index contributed by atoms with van der Waals surface area (Å²) in [5.41, 5.74) is 1.12. The lowest BCUT2D eigenvalue weighted by Crippen LogP contribution is -2.34. The molecule has 20 heavy (non-hydrogen) atoms. The first kappa shape index (κ1) is 17.1. The predicted molar refractivity (Wildman–Crippen MR) is 83.5 cm³/mol. The van der Waals surface area contributed by atoms with Gasteiger partial charge in [0.25, 0.3) is 0 Å². The zero-order chi connectivity index (χ0) is 15.6. The van der Waals surface area contributed by atoms with Crippen molar-refractivity contribution < 1.29 is 9.90 Å². The number of hydrogen-bond donors (Lipinski definition) is 1. The van der Waals surface area contributed by atoms with Crippen LogP contribution in [0.25, 0.3) is 0 Å². The Morgan fingerprint density at radius 2 is 1.85 bits per heavy atom. The van der Waals surface area contributed by atoms with Crippen LogP contribution in [-0.4, -0.2) is 26.4 Å². The van der Waals surface area contributed by atoms with Crippen LogP contribution >= 0.6 is 11.8 Å². The summed E-state index contributed by atoms with van der Waals surface area (Å²) < 4.78 is 2.25. The van der Waals surface area contributed by atoms with Crippen LogP contribution in [0.3, 0.4) is 0 Å². The quantitative estimate of drug-likeness (QED) is 0.809. The molecule has 0 aliphatic carbocycles. The molecule has 0 fully saturated rings. The van der Waals surface area contributed by atoms with Crippen molar-refractivity contribution in [2.24, 2.45) is 0 Å². The molecule has 1 rings (SSSR count). The molecule has 0 spiro atoms. The van der Waals surface area contributed by atoms with Crippen LogP contribution in [0.1, 0.15) is 60.1 Å². The monoisotopic (exact) mass is 298 g/mol. The van der Waals surface area contributed by atoms with Crippen LogP contribution < -0.4 is 0 Å². The number of carbonyl (C=O) groups is 1. The summed E-state index contributed by atoms with van der Waals surface area (Å²) in [6.45, 7) is 13.0. The zero-order valence-electron chi connectivity index (χ0n) is 13.4. The van der Waals surface area contributed by atoms with Crippen LogP contribution in [0.5, 0.6) is 0 Å². The van der Waals surface area contributed by atoms with Crippen molar-refractivity contribution in [3.8, 4) is 0 Å². The van der Waals surface area contributed by atoms with E-state index in [0.717, 1.165) is 23.7 Å². The number of thioether (sulfide) groups is 1. The van der Waals surface area contributed by atoms with Gasteiger partial charge in [0.2, 0.25) is 0 Å². The van der Waals surface area contributed by atoms with E-state index < -0.39 is 5.97 Å². The molecule has 0 bridgehead atoms. The second-order valence-electron chi connectivity index (χ2n) is 6.40. The van der Waals surface area contributed by atoms with E-state index in [1.54, 1.807) is 0 Å². The van der Waals surface area contributed by atoms with Gasteiger partial charge in [0.1, 0.15) is 0 Å². The Bertz CT molecular complexity index is 471. The molecule has 4 nitrogen and oxygen atoms in total. The molecule has 0 unspecified atom stereocenters. The van der Waals surface area contributed by atoms with E-state index in [4.69, 9.17) is 5.11 Å². The number of rotatable bonds is 6. The molecule has 0 atom stereocenters. The number of imidazole rings is 1. The lowest BCUT2D eigenvalue weighted by atomic mass is 9.88. The molecular formula is C15H26N2O2S. The topological polar surface area (TPSA) is 55.1 Å². The third kappa shape index (κ3) is 3.57. The third-order valence-electron chi connectivity index (χ3n) is 3.89. The van der Waals surface area contributed by atoms with E-state index >= 15 is 0 Å². The van der Waals surface area contributed by atoms with Crippen molar-refractivity contribution in [2.75, 3.05) is 5.75 Å². The first-order chi connectivity index (χ1) is 9.15. The van der Waals surface area contributed by atoms with Gasteiger partial charge in [0.05, 0.1) is 5.75 Å². The first-order valence-electron chi connectivity index (χ1n) is 7.09. The smallest absolute Gasteiger partial charge is 0.313 e. The molecule has 0 aliphatic heterocycles. The zero-order valence-corrected chi connectivity index (χ0v) is 14.2. The fourth-order valence-electron chi connectivity index (χ4n) is 2.18. The Morgan fingerprint density at radius 1 is 1.30 bits per heavy atom. The van der Waals surface area contributed by atoms with Crippen molar-refractivity contribution in [1.29, 1.82) is 0 Å². The van der Waals surface area contributed by atoms with Gasteiger partial charge >= 0.3 is 5.97 Å². The molecule has 1 aromatic heterocycles. The lowest BCUT2D eigenvalue weighted by Gasteiger charge is -2.35. The molecule has 114 valence electrons. The van der Waals surface area contributed by atoms with Crippen LogP contribution in [-0.2, 0) is 15.7 Å². The van der Waals surface area contributed by atoms with Crippen LogP contribution in [0.2, 0.25) is 0 Å². The maximum absolute atomic E-state index is 10.8. The molecule has 1 aromatic rings. The Labute approximate surface area is 126 Å². The highest BCUT2D eigenvalue weighted by Crippen LogP contribution is 2.36. The average molecular weight is 298 g/mol. The Morgan fingerprint density at radius 3 is 2.25 bits per heavy atom. The largest absolute Gasteiger partial charge is 0.481 e. The average Bonchev–Trinajstić information content (AvgIpc) is 2.79. The molecule has 5 heteroatoms. The number of carboxylic acids is 1. The van der Waals surface area contributed by atoms with Crippen molar-refractivity contribution in [3.63, 3.8) is 0 Å². The van der Waals surface area contributed by atoms with Gasteiger partial charge in [-0.05, 0) is 19.8 Å². The van der Waals surface area contributed by atoms with Gasteiger partial charge in [-0.2, -0.15) is 0 Å². The summed E-state index contributed by atoms with van der Waals surface area (Å²) in [5.74, 6) is -0.763. The van der Waals surface area contributed by atoms with E-state index in [9.17, 15) is 4.79 Å². The molecule has 0 aliphatic rings. The van der Waals surface area contributed by atoms with Crippen LogP contribution in [0.15, 0.2) is 11.4 Å². The van der Waals surface area contributed by atoms with Gasteiger partial charge in [-0.25, -0.2) is 4.98 Å². The summed E-state index contributed by atoms with van der Waals surface area (Å²) in [7, 11) is 0. The van der Waals surface area contributed by atoms with Gasteiger partial charge in [0, 0.05) is 22.8 Å². The van der Waals surface area contributed by atoms with Crippen LogP contribution in [0.4, 0.5) is 0 Å². The number of nitrogens with zero attached hydrogens (tertiary/aromatic N) is 2. The van der Waals surface area contributed by atoms with E-state index in [0.29, 0.717) is 0 Å². The fraction of sp³-hybridized carbons (Fsp3) is 0.733. The minimum atomic E-state index is -0.809. The summed E-state index contributed by atoms with van der Waals surface area (Å²) in [6, 6.07) is 0. The Balaban J connectivity index is 3.33. The Kier molecular flexibility index (Phi) is 5.30. The van der Waals surface area contributed by atoms with Crippen molar-refractivity contribution in [1.82, 2.24) is 9.55 Å². The lowest BCUT2D eigenvalue weighted by molar-refractivity contribution is -0.133. The second kappa shape index (κ2) is 6.20. The molecule has 0 amide bonds. The van der Waals surface area contributed by atoms with Crippen molar-refractivity contribution >= 4 is 17.7 Å². The van der Waals surface area contributed by atoms with E-state index in [2.05, 4.69) is 51.1 Å². The summed E-state index contributed by atoms with van der Waals surface area (Å²) in [5, 5.41) is 9.70. The fourth-order valence-corrected chi connectivity index (χ4v) is 3.01. The molecule has 0 saturated heterocycles. The summed E-state index contributed by atoms with van der Waals surface area (Å²) in [4.78, 5) is 15.3. The molecule has 0 saturated carbocycles. The van der Waals surface area contributed by atoms with Gasteiger partial charge in [-0.3, -0.25) is 4.79 Å². The standard InChI is InChI=1S/C15H26N2O2S/c1-7-15(6,8-2)17-11(14(3,4)5)9-16-13(17)20-10-12(18)19/h9H,7-8,10H2,1-6H3,(H,18,19). The molecule has 1 heterocycles. The first-order valence-corrected chi connectivity index (χ1v) is 8.07. The highest BCUT2D eigenvalue weighted by Gasteiger charge is 2.32. The van der Waals surface area contributed by atoms with Crippen LogP contribution in [0, 0.1) is 0 Å². The predicted octanol–water partition coefficient (Wildman–Crippen LogP) is 3.89. The highest BCUT2D eigenvalue weighted by molar-refractivity contribution is 7.99. The molecule has 1 N–H and O–H groups in total. The number of aromatic nitrogens is 2. The summed E-state index contributed by atoms with van der Waals surface area (Å²) >= 11 is 1.30.